The van der Waals surface area contributed by atoms with E-state index in [0.717, 1.165) is 24.8 Å². The second-order valence-corrected chi connectivity index (χ2v) is 13.9. The van der Waals surface area contributed by atoms with Crippen LogP contribution in [0.15, 0.2) is 41.3 Å². The minimum atomic E-state index is -1.89. The number of phenolic OH excluding ortho intramolecular Hbond substituents is 1. The first kappa shape index (κ1) is 28.3. The van der Waals surface area contributed by atoms with Gasteiger partial charge in [-0.2, -0.15) is 14.3 Å². The molecule has 8 rings (SSSR count). The SMILES string of the molecule is CN1C(c2cc(O)cc3ccccc23)=C(F)c2nc(OC[C@@]34CCCN3C[C@H](F)C4)nc(N3C4CNCC3COC4)c2[S+]1[O-]. The number of benzene rings is 2. The van der Waals surface area contributed by atoms with Crippen LogP contribution in [0.5, 0.6) is 11.8 Å². The second kappa shape index (κ2) is 10.7. The number of nitrogens with zero attached hydrogens (tertiary/aromatic N) is 5. The summed E-state index contributed by atoms with van der Waals surface area (Å²) in [5, 5.41) is 15.4. The first-order valence-corrected chi connectivity index (χ1v) is 16.2. The Bertz CT molecular complexity index is 1640. The van der Waals surface area contributed by atoms with Gasteiger partial charge in [0.2, 0.25) is 0 Å². The van der Waals surface area contributed by atoms with E-state index < -0.39 is 28.9 Å². The van der Waals surface area contributed by atoms with Crippen molar-refractivity contribution in [1.29, 1.82) is 0 Å². The van der Waals surface area contributed by atoms with Crippen molar-refractivity contribution in [1.82, 2.24) is 24.5 Å². The molecule has 5 aliphatic heterocycles. The molecule has 0 saturated carbocycles. The van der Waals surface area contributed by atoms with Gasteiger partial charge in [0.1, 0.15) is 35.6 Å². The number of hydrogen-bond acceptors (Lipinski definition) is 10. The number of nitrogens with one attached hydrogen (secondary N) is 1. The van der Waals surface area contributed by atoms with Crippen molar-refractivity contribution in [3.8, 4) is 11.8 Å². The van der Waals surface area contributed by atoms with Crippen LogP contribution in [0.4, 0.5) is 14.6 Å². The van der Waals surface area contributed by atoms with Crippen LogP contribution < -0.4 is 15.0 Å². The van der Waals surface area contributed by atoms with Gasteiger partial charge >= 0.3 is 6.01 Å². The van der Waals surface area contributed by atoms with E-state index >= 15 is 4.39 Å². The van der Waals surface area contributed by atoms with Crippen molar-refractivity contribution in [2.75, 3.05) is 57.9 Å². The molecule has 4 fully saturated rings. The predicted molar refractivity (Wildman–Crippen MR) is 162 cm³/mol. The van der Waals surface area contributed by atoms with Crippen LogP contribution in [0.1, 0.15) is 30.5 Å². The zero-order valence-corrected chi connectivity index (χ0v) is 25.2. The molecule has 0 spiro atoms. The largest absolute Gasteiger partial charge is 0.588 e. The third-order valence-corrected chi connectivity index (χ3v) is 11.1. The Labute approximate surface area is 257 Å². The van der Waals surface area contributed by atoms with E-state index in [0.29, 0.717) is 56.0 Å². The van der Waals surface area contributed by atoms with Crippen LogP contribution in [0, 0.1) is 0 Å². The number of piperazine rings is 1. The fourth-order valence-electron chi connectivity index (χ4n) is 7.74. The zero-order chi connectivity index (χ0) is 30.2. The number of ether oxygens (including phenoxy) is 2. The summed E-state index contributed by atoms with van der Waals surface area (Å²) in [5.74, 6) is -0.359. The molecule has 4 saturated heterocycles. The lowest BCUT2D eigenvalue weighted by Crippen LogP contribution is -2.64. The molecule has 1 aromatic heterocycles. The summed E-state index contributed by atoms with van der Waals surface area (Å²) in [7, 11) is 1.57. The van der Waals surface area contributed by atoms with Crippen LogP contribution in [0.3, 0.4) is 0 Å². The maximum Gasteiger partial charge on any atom is 0.319 e. The molecule has 2 bridgehead atoms. The van der Waals surface area contributed by atoms with Gasteiger partial charge in [0.25, 0.3) is 4.90 Å². The van der Waals surface area contributed by atoms with Gasteiger partial charge in [0, 0.05) is 31.6 Å². The molecule has 10 nitrogen and oxygen atoms in total. The minimum Gasteiger partial charge on any atom is -0.588 e. The van der Waals surface area contributed by atoms with Gasteiger partial charge in [0.05, 0.1) is 37.9 Å². The highest BCUT2D eigenvalue weighted by atomic mass is 32.2. The fraction of sp³-hybridized carbons (Fsp3) is 0.484. The Hall–Kier alpha value is -3.23. The summed E-state index contributed by atoms with van der Waals surface area (Å²) in [6.45, 7) is 3.51. The van der Waals surface area contributed by atoms with Crippen LogP contribution in [-0.2, 0) is 16.1 Å². The molecular formula is C31H34F2N6O4S. The lowest BCUT2D eigenvalue weighted by molar-refractivity contribution is 0.0516. The van der Waals surface area contributed by atoms with E-state index in [-0.39, 0.29) is 46.7 Å². The third kappa shape index (κ3) is 4.43. The van der Waals surface area contributed by atoms with Crippen molar-refractivity contribution < 1.29 is 27.9 Å². The average molecular weight is 625 g/mol. The number of alkyl halides is 1. The van der Waals surface area contributed by atoms with Gasteiger partial charge in [0.15, 0.2) is 17.3 Å². The van der Waals surface area contributed by atoms with Crippen molar-refractivity contribution in [2.45, 2.75) is 48.0 Å². The Kier molecular flexibility index (Phi) is 6.87. The number of aromatic nitrogens is 2. The van der Waals surface area contributed by atoms with Crippen LogP contribution in [0.25, 0.3) is 22.3 Å². The van der Waals surface area contributed by atoms with Crippen LogP contribution >= 0.6 is 0 Å². The molecule has 5 atom stereocenters. The van der Waals surface area contributed by atoms with Crippen molar-refractivity contribution in [3.63, 3.8) is 0 Å². The molecule has 44 heavy (non-hydrogen) atoms. The molecule has 0 amide bonds. The summed E-state index contributed by atoms with van der Waals surface area (Å²) in [6, 6.07) is 10.2. The molecular weight excluding hydrogens is 590 g/mol. The van der Waals surface area contributed by atoms with E-state index in [2.05, 4.69) is 20.1 Å². The normalized spacial score (nSPS) is 30.2. The lowest BCUT2D eigenvalue weighted by Gasteiger charge is -2.47. The number of fused-ring (bicyclic) bond motifs is 5. The third-order valence-electron chi connectivity index (χ3n) is 9.73. The fourth-order valence-corrected chi connectivity index (χ4v) is 8.97. The summed E-state index contributed by atoms with van der Waals surface area (Å²) < 4.78 is 59.3. The van der Waals surface area contributed by atoms with Crippen LogP contribution in [0.2, 0.25) is 0 Å². The highest BCUT2D eigenvalue weighted by molar-refractivity contribution is 7.89. The predicted octanol–water partition coefficient (Wildman–Crippen LogP) is 3.23. The summed E-state index contributed by atoms with van der Waals surface area (Å²) in [4.78, 5) is 13.8. The first-order chi connectivity index (χ1) is 21.3. The van der Waals surface area contributed by atoms with E-state index in [4.69, 9.17) is 14.5 Å². The Balaban J connectivity index is 1.29. The molecule has 3 unspecified atom stereocenters. The zero-order valence-electron chi connectivity index (χ0n) is 24.3. The Morgan fingerprint density at radius 3 is 2.82 bits per heavy atom. The van der Waals surface area contributed by atoms with Gasteiger partial charge in [-0.15, -0.1) is 0 Å². The number of phenols is 1. The maximum atomic E-state index is 17.0. The van der Waals surface area contributed by atoms with Gasteiger partial charge < -0.3 is 29.3 Å². The molecule has 13 heteroatoms. The highest BCUT2D eigenvalue weighted by Crippen LogP contribution is 2.47. The van der Waals surface area contributed by atoms with E-state index in [1.165, 1.54) is 10.4 Å². The van der Waals surface area contributed by atoms with Crippen molar-refractivity contribution in [2.24, 2.45) is 0 Å². The number of halogens is 2. The van der Waals surface area contributed by atoms with Crippen LogP contribution in [-0.4, -0.2) is 106 Å². The quantitative estimate of drug-likeness (QED) is 0.411. The van der Waals surface area contributed by atoms with E-state index in [9.17, 15) is 14.0 Å². The molecule has 0 radical (unpaired) electrons. The second-order valence-electron chi connectivity index (χ2n) is 12.4. The Morgan fingerprint density at radius 2 is 2.00 bits per heavy atom. The summed E-state index contributed by atoms with van der Waals surface area (Å²) in [6.07, 6.45) is 1.22. The molecule has 0 aliphatic carbocycles. The Morgan fingerprint density at radius 1 is 1.20 bits per heavy atom. The van der Waals surface area contributed by atoms with Crippen molar-refractivity contribution in [3.05, 3.63) is 47.7 Å². The smallest absolute Gasteiger partial charge is 0.319 e. The number of aromatic hydroxyl groups is 1. The minimum absolute atomic E-state index is 0.0309. The summed E-state index contributed by atoms with van der Waals surface area (Å²) in [5.41, 5.74) is -0.0903. The van der Waals surface area contributed by atoms with E-state index in [1.54, 1.807) is 13.1 Å². The monoisotopic (exact) mass is 624 g/mol. The highest BCUT2D eigenvalue weighted by Gasteiger charge is 2.50. The van der Waals surface area contributed by atoms with Gasteiger partial charge in [-0.1, -0.05) is 24.3 Å². The van der Waals surface area contributed by atoms with Crippen molar-refractivity contribution >= 4 is 39.5 Å². The number of hydrogen-bond donors (Lipinski definition) is 2. The molecule has 2 N–H and O–H groups in total. The van der Waals surface area contributed by atoms with Gasteiger partial charge in [-0.25, -0.2) is 8.78 Å². The number of rotatable bonds is 5. The first-order valence-electron chi connectivity index (χ1n) is 15.1. The lowest BCUT2D eigenvalue weighted by atomic mass is 9.95. The van der Waals surface area contributed by atoms with E-state index in [1.807, 2.05) is 24.3 Å². The molecule has 3 aromatic rings. The molecule has 232 valence electrons. The molecule has 2 aromatic carbocycles. The average Bonchev–Trinajstić information content (AvgIpc) is 3.53. The molecule has 5 aliphatic rings. The summed E-state index contributed by atoms with van der Waals surface area (Å²) >= 11 is -1.89. The standard InChI is InChI=1S/C31H34F2N6O4S/c1-37-27(24-10-22(40)9-18-5-2-3-6-23(18)24)25(33)26-28(44(37)41)29(39-20-12-34-13-21(39)16-42-15-20)36-30(35-26)43-17-31-7-4-8-38(31)14-19(32)11-31/h2-3,5-6,9-10,19-21,34,40H,4,7-8,11-17H2,1H3/t19-,20?,21?,31+,44?/m1/s1. The number of morpholine rings is 1. The maximum absolute atomic E-state index is 17.0. The number of anilines is 1. The topological polar surface area (TPSA) is 109 Å². The molecule has 6 heterocycles. The van der Waals surface area contributed by atoms with Gasteiger partial charge in [-0.05, 0) is 42.3 Å². The van der Waals surface area contributed by atoms with Gasteiger partial charge in [-0.3, -0.25) is 4.90 Å².